The van der Waals surface area contributed by atoms with Gasteiger partial charge in [0.2, 0.25) is 17.2 Å². The Morgan fingerprint density at radius 1 is 1.09 bits per heavy atom. The van der Waals surface area contributed by atoms with E-state index >= 15 is 0 Å². The summed E-state index contributed by atoms with van der Waals surface area (Å²) >= 11 is 6.70. The smallest absolute Gasteiger partial charge is 0.262 e. The van der Waals surface area contributed by atoms with Gasteiger partial charge >= 0.3 is 0 Å². The number of benzene rings is 2. The average molecular weight is 618 g/mol. The maximum absolute atomic E-state index is 13.7. The molecule has 2 aliphatic heterocycles. The number of nitrogens with one attached hydrogen (secondary N) is 2. The molecule has 2 aliphatic rings. The van der Waals surface area contributed by atoms with Crippen molar-refractivity contribution >= 4 is 62.5 Å². The number of para-hydroxylation sites is 1. The van der Waals surface area contributed by atoms with E-state index in [9.17, 15) is 24.0 Å². The van der Waals surface area contributed by atoms with Crippen molar-refractivity contribution in [2.24, 2.45) is 0 Å². The first-order valence-corrected chi connectivity index (χ1v) is 14.9. The van der Waals surface area contributed by atoms with Crippen molar-refractivity contribution in [2.45, 2.75) is 39.3 Å². The van der Waals surface area contributed by atoms with Crippen LogP contribution < -0.4 is 26.5 Å². The van der Waals surface area contributed by atoms with Gasteiger partial charge in [0.25, 0.3) is 11.5 Å². The number of halogens is 1. The van der Waals surface area contributed by atoms with Crippen LogP contribution in [0.2, 0.25) is 5.02 Å². The summed E-state index contributed by atoms with van der Waals surface area (Å²) in [5, 5.41) is 6.01. The topological polar surface area (TPSA) is 139 Å². The molecule has 0 saturated carbocycles. The summed E-state index contributed by atoms with van der Waals surface area (Å²) in [6, 6.07) is 7.43. The van der Waals surface area contributed by atoms with Crippen LogP contribution in [0.25, 0.3) is 21.8 Å². The van der Waals surface area contributed by atoms with E-state index in [1.165, 1.54) is 4.57 Å². The number of aryl methyl sites for hydroxylation is 2. The minimum absolute atomic E-state index is 0.0756. The Hall–Kier alpha value is -4.55. The van der Waals surface area contributed by atoms with Gasteiger partial charge in [-0.05, 0) is 51.6 Å². The lowest BCUT2D eigenvalue weighted by molar-refractivity contribution is -0.135. The molecule has 13 heteroatoms. The molecule has 2 aromatic carbocycles. The molecule has 4 heterocycles. The van der Waals surface area contributed by atoms with Crippen molar-refractivity contribution < 1.29 is 14.4 Å². The molecule has 44 heavy (non-hydrogen) atoms. The Labute approximate surface area is 257 Å². The lowest BCUT2D eigenvalue weighted by Crippen LogP contribution is -2.45. The zero-order valence-corrected chi connectivity index (χ0v) is 25.4. The van der Waals surface area contributed by atoms with Crippen LogP contribution in [0.3, 0.4) is 0 Å². The van der Waals surface area contributed by atoms with Crippen LogP contribution in [0.5, 0.6) is 0 Å². The number of likely N-dealkylation sites (N-methyl/N-ethyl adjacent to an activating group) is 1. The van der Waals surface area contributed by atoms with Gasteiger partial charge in [0, 0.05) is 50.7 Å². The largest absolute Gasteiger partial charge is 0.368 e. The Bertz CT molecular complexity index is 1980. The number of rotatable bonds is 5. The second kappa shape index (κ2) is 11.5. The van der Waals surface area contributed by atoms with Gasteiger partial charge in [0.1, 0.15) is 22.9 Å². The van der Waals surface area contributed by atoms with E-state index in [1.807, 2.05) is 17.6 Å². The molecule has 3 amide bonds. The molecule has 2 N–H and O–H groups in total. The second-order valence-corrected chi connectivity index (χ2v) is 11.6. The van der Waals surface area contributed by atoms with Crippen LogP contribution in [0.1, 0.15) is 42.0 Å². The lowest BCUT2D eigenvalue weighted by Gasteiger charge is -2.34. The highest BCUT2D eigenvalue weighted by atomic mass is 35.5. The van der Waals surface area contributed by atoms with E-state index in [1.54, 1.807) is 37.4 Å². The summed E-state index contributed by atoms with van der Waals surface area (Å²) in [6.07, 6.45) is 1.84. The molecule has 2 aromatic heterocycles. The van der Waals surface area contributed by atoms with Gasteiger partial charge in [-0.1, -0.05) is 17.7 Å². The number of aromatic nitrogens is 3. The number of imide groups is 1. The van der Waals surface area contributed by atoms with Crippen LogP contribution in [0.15, 0.2) is 46.1 Å². The second-order valence-electron chi connectivity index (χ2n) is 11.2. The van der Waals surface area contributed by atoms with Crippen LogP contribution in [-0.4, -0.2) is 70.0 Å². The third-order valence-electron chi connectivity index (χ3n) is 8.46. The Balaban J connectivity index is 1.37. The molecule has 0 spiro atoms. The van der Waals surface area contributed by atoms with Crippen LogP contribution in [0, 0.1) is 6.92 Å². The van der Waals surface area contributed by atoms with E-state index < -0.39 is 28.8 Å². The number of piperidine rings is 1. The number of carbonyl (C=O) groups is 3. The monoisotopic (exact) mass is 617 g/mol. The van der Waals surface area contributed by atoms with Gasteiger partial charge in [-0.15, -0.1) is 0 Å². The molecule has 2 saturated heterocycles. The van der Waals surface area contributed by atoms with Crippen LogP contribution in [0.4, 0.5) is 11.4 Å². The van der Waals surface area contributed by atoms with E-state index in [4.69, 9.17) is 11.6 Å². The third-order valence-corrected chi connectivity index (χ3v) is 8.76. The molecule has 228 valence electrons. The minimum Gasteiger partial charge on any atom is -0.368 e. The fraction of sp³-hybridized carbons (Fsp3) is 0.355. The van der Waals surface area contributed by atoms with E-state index in [-0.39, 0.29) is 46.7 Å². The first-order valence-electron chi connectivity index (χ1n) is 14.5. The summed E-state index contributed by atoms with van der Waals surface area (Å²) in [5.41, 5.74) is 1.00. The summed E-state index contributed by atoms with van der Waals surface area (Å²) in [6.45, 7) is 7.47. The van der Waals surface area contributed by atoms with Crippen LogP contribution >= 0.6 is 11.6 Å². The van der Waals surface area contributed by atoms with Crippen LogP contribution in [-0.2, 0) is 16.1 Å². The number of pyridine rings is 1. The normalized spacial score (nSPS) is 17.7. The number of fused-ring (bicyclic) bond motifs is 2. The molecule has 0 radical (unpaired) electrons. The van der Waals surface area contributed by atoms with Crippen molar-refractivity contribution in [1.82, 2.24) is 24.3 Å². The van der Waals surface area contributed by atoms with Gasteiger partial charge in [0.15, 0.2) is 0 Å². The minimum atomic E-state index is -0.871. The summed E-state index contributed by atoms with van der Waals surface area (Å²) in [5.74, 6) is -1.34. The predicted octanol–water partition coefficient (Wildman–Crippen LogP) is 2.67. The zero-order chi connectivity index (χ0) is 31.3. The molecule has 1 atom stereocenters. The maximum atomic E-state index is 13.7. The SMILES string of the molecule is CCn1cc(C(=O)Nc2cccc3c(=O)n(C4CCC(=O)NC4=O)c(C)nc23)c(=O)c2cc(Cl)c(N3CCN(C)CC3)cc21. The Morgan fingerprint density at radius 3 is 2.55 bits per heavy atom. The maximum Gasteiger partial charge on any atom is 0.262 e. The van der Waals surface area contributed by atoms with Crippen molar-refractivity contribution in [3.63, 3.8) is 0 Å². The Morgan fingerprint density at radius 2 is 1.84 bits per heavy atom. The van der Waals surface area contributed by atoms with E-state index in [0.29, 0.717) is 22.5 Å². The zero-order valence-electron chi connectivity index (χ0n) is 24.6. The lowest BCUT2D eigenvalue weighted by atomic mass is 10.1. The Kier molecular flexibility index (Phi) is 7.72. The number of hydrogen-bond acceptors (Lipinski definition) is 8. The molecule has 0 aliphatic carbocycles. The van der Waals surface area contributed by atoms with Crippen molar-refractivity contribution in [2.75, 3.05) is 43.4 Å². The quantitative estimate of drug-likeness (QED) is 0.326. The van der Waals surface area contributed by atoms with Crippen molar-refractivity contribution in [1.29, 1.82) is 0 Å². The summed E-state index contributed by atoms with van der Waals surface area (Å²) in [4.78, 5) is 74.0. The first kappa shape index (κ1) is 29.5. The highest BCUT2D eigenvalue weighted by molar-refractivity contribution is 6.34. The number of anilines is 2. The molecular weight excluding hydrogens is 586 g/mol. The highest BCUT2D eigenvalue weighted by Gasteiger charge is 2.31. The molecule has 6 rings (SSSR count). The molecular formula is C31H32ClN7O5. The van der Waals surface area contributed by atoms with E-state index in [0.717, 1.165) is 31.9 Å². The average Bonchev–Trinajstić information content (AvgIpc) is 2.99. The van der Waals surface area contributed by atoms with E-state index in [2.05, 4.69) is 32.5 Å². The van der Waals surface area contributed by atoms with Crippen molar-refractivity contribution in [3.05, 3.63) is 73.5 Å². The summed E-state index contributed by atoms with van der Waals surface area (Å²) in [7, 11) is 2.08. The molecule has 12 nitrogen and oxygen atoms in total. The first-order chi connectivity index (χ1) is 21.1. The van der Waals surface area contributed by atoms with Gasteiger partial charge in [-0.2, -0.15) is 0 Å². The van der Waals surface area contributed by atoms with Gasteiger partial charge in [0.05, 0.1) is 27.3 Å². The molecule has 4 aromatic rings. The third kappa shape index (κ3) is 5.13. The number of amides is 3. The van der Waals surface area contributed by atoms with Gasteiger partial charge in [-0.25, -0.2) is 4.98 Å². The summed E-state index contributed by atoms with van der Waals surface area (Å²) < 4.78 is 3.13. The predicted molar refractivity (Wildman–Crippen MR) is 169 cm³/mol. The molecule has 2 fully saturated rings. The standard InChI is InChI=1S/C31H32ClN7O5/c1-4-37-16-20(28(41)19-14-21(32)25(15-24(19)37)38-12-10-36(3)11-13-38)29(42)34-22-7-5-6-18-27(22)33-17(2)39(31(18)44)23-8-9-26(40)35-30(23)43/h5-7,14-16,23H,4,8-13H2,1-3H3,(H,34,42)(H,35,40,43). The number of hydrogen-bond donors (Lipinski definition) is 2. The highest BCUT2D eigenvalue weighted by Crippen LogP contribution is 2.31. The number of carbonyl (C=O) groups excluding carboxylic acids is 3. The van der Waals surface area contributed by atoms with Gasteiger partial charge in [-0.3, -0.25) is 33.9 Å². The fourth-order valence-corrected chi connectivity index (χ4v) is 6.31. The van der Waals surface area contributed by atoms with Gasteiger partial charge < -0.3 is 19.7 Å². The van der Waals surface area contributed by atoms with Crippen molar-refractivity contribution in [3.8, 4) is 0 Å². The number of nitrogens with zero attached hydrogens (tertiary/aromatic N) is 5. The number of piperazine rings is 1. The molecule has 1 unspecified atom stereocenters. The fourth-order valence-electron chi connectivity index (χ4n) is 6.03. The molecule has 0 bridgehead atoms.